The molecular formula is C16H27N3O4SSi. The third kappa shape index (κ3) is 3.33. The van der Waals surface area contributed by atoms with Gasteiger partial charge in [0.05, 0.1) is 18.2 Å². The Bertz CT molecular complexity index is 833. The Morgan fingerprint density at radius 1 is 1.32 bits per heavy atom. The number of hydrogen-bond acceptors (Lipinski definition) is 5. The van der Waals surface area contributed by atoms with Crippen LogP contribution in [0.1, 0.15) is 38.3 Å². The zero-order chi connectivity index (χ0) is 19.2. The lowest BCUT2D eigenvalue weighted by Gasteiger charge is -2.36. The summed E-state index contributed by atoms with van der Waals surface area (Å²) in [5, 5.41) is 10.5. The molecule has 2 aromatic heterocycles. The highest BCUT2D eigenvalue weighted by molar-refractivity contribution is 7.87. The summed E-state index contributed by atoms with van der Waals surface area (Å²) < 4.78 is 33.6. The molecule has 0 aromatic carbocycles. The number of hydrogen-bond donors (Lipinski definition) is 1. The highest BCUT2D eigenvalue weighted by atomic mass is 32.2. The molecule has 140 valence electrons. The molecule has 0 saturated heterocycles. The zero-order valence-electron chi connectivity index (χ0n) is 15.8. The molecule has 7 nitrogen and oxygen atoms in total. The average Bonchev–Trinajstić information content (AvgIpc) is 3.15. The Morgan fingerprint density at radius 3 is 2.36 bits per heavy atom. The number of aliphatic hydroxyl groups is 1. The summed E-state index contributed by atoms with van der Waals surface area (Å²) in [6, 6.07) is 3.25. The van der Waals surface area contributed by atoms with E-state index in [4.69, 9.17) is 4.42 Å². The molecule has 0 amide bonds. The van der Waals surface area contributed by atoms with E-state index in [0.717, 1.165) is 4.31 Å². The maximum Gasteiger partial charge on any atom is 0.308 e. The lowest BCUT2D eigenvalue weighted by Crippen LogP contribution is -2.56. The van der Waals surface area contributed by atoms with E-state index in [1.54, 1.807) is 12.1 Å². The molecule has 1 atom stereocenters. The van der Waals surface area contributed by atoms with E-state index in [9.17, 15) is 13.5 Å². The molecule has 0 radical (unpaired) electrons. The summed E-state index contributed by atoms with van der Waals surface area (Å²) in [6.07, 6.45) is 1.66. The van der Waals surface area contributed by atoms with Gasteiger partial charge in [-0.3, -0.25) is 0 Å². The van der Waals surface area contributed by atoms with E-state index in [1.807, 2.05) is 0 Å². The third-order valence-electron chi connectivity index (χ3n) is 4.96. The first-order chi connectivity index (χ1) is 11.3. The van der Waals surface area contributed by atoms with E-state index < -0.39 is 24.4 Å². The van der Waals surface area contributed by atoms with Gasteiger partial charge in [-0.15, -0.1) is 0 Å². The summed E-state index contributed by atoms with van der Waals surface area (Å²) >= 11 is 0. The normalized spacial score (nSPS) is 14.9. The van der Waals surface area contributed by atoms with Crippen molar-refractivity contribution in [1.29, 1.82) is 0 Å². The van der Waals surface area contributed by atoms with Crippen LogP contribution in [0.25, 0.3) is 0 Å². The van der Waals surface area contributed by atoms with Crippen molar-refractivity contribution in [2.24, 2.45) is 0 Å². The van der Waals surface area contributed by atoms with Crippen molar-refractivity contribution in [3.63, 3.8) is 0 Å². The van der Waals surface area contributed by atoms with Crippen LogP contribution in [-0.4, -0.2) is 49.0 Å². The fourth-order valence-electron chi connectivity index (χ4n) is 2.29. The number of aliphatic hydroxyl groups excluding tert-OH is 1. The van der Waals surface area contributed by atoms with Gasteiger partial charge in [0, 0.05) is 14.1 Å². The van der Waals surface area contributed by atoms with Crippen molar-refractivity contribution < 1.29 is 17.9 Å². The van der Waals surface area contributed by atoms with Crippen LogP contribution >= 0.6 is 0 Å². The van der Waals surface area contributed by atoms with Crippen LogP contribution in [0.3, 0.4) is 0 Å². The molecule has 0 spiro atoms. The maximum atomic E-state index is 13.0. The van der Waals surface area contributed by atoms with Crippen LogP contribution in [0.5, 0.6) is 0 Å². The lowest BCUT2D eigenvalue weighted by atomic mass is 10.2. The SMILES string of the molecule is CN(C)S(=O)(=O)n1c(C(O)c2ccco2)cnc1[Si](C)(C)C(C)(C)C. The molecule has 1 unspecified atom stereocenters. The molecule has 0 saturated carbocycles. The summed E-state index contributed by atoms with van der Waals surface area (Å²) in [7, 11) is -3.21. The van der Waals surface area contributed by atoms with E-state index in [0.29, 0.717) is 5.45 Å². The van der Waals surface area contributed by atoms with Gasteiger partial charge in [-0.1, -0.05) is 33.9 Å². The highest BCUT2D eigenvalue weighted by Crippen LogP contribution is 2.36. The van der Waals surface area contributed by atoms with E-state index in [2.05, 4.69) is 38.8 Å². The van der Waals surface area contributed by atoms with Gasteiger partial charge < -0.3 is 9.52 Å². The Kier molecular flexibility index (Phi) is 5.08. The summed E-state index contributed by atoms with van der Waals surface area (Å²) in [5.41, 5.74) is 0.692. The van der Waals surface area contributed by atoms with E-state index in [1.165, 1.54) is 30.5 Å². The minimum Gasteiger partial charge on any atom is -0.466 e. The molecule has 2 aromatic rings. The second kappa shape index (κ2) is 6.38. The van der Waals surface area contributed by atoms with Gasteiger partial charge in [0.25, 0.3) is 0 Å². The fourth-order valence-corrected chi connectivity index (χ4v) is 6.02. The number of aromatic nitrogens is 2. The summed E-state index contributed by atoms with van der Waals surface area (Å²) in [5.74, 6) is 0.275. The largest absolute Gasteiger partial charge is 0.466 e. The molecule has 2 rings (SSSR count). The van der Waals surface area contributed by atoms with Crippen LogP contribution in [-0.2, 0) is 10.2 Å². The van der Waals surface area contributed by atoms with E-state index in [-0.39, 0.29) is 16.5 Å². The van der Waals surface area contributed by atoms with Crippen molar-refractivity contribution in [2.75, 3.05) is 14.1 Å². The van der Waals surface area contributed by atoms with Crippen molar-refractivity contribution in [1.82, 2.24) is 13.3 Å². The van der Waals surface area contributed by atoms with Gasteiger partial charge in [-0.25, -0.2) is 8.96 Å². The zero-order valence-corrected chi connectivity index (χ0v) is 17.6. The smallest absolute Gasteiger partial charge is 0.308 e. The third-order valence-corrected chi connectivity index (χ3v) is 12.1. The number of furan rings is 1. The quantitative estimate of drug-likeness (QED) is 0.795. The Morgan fingerprint density at radius 2 is 1.92 bits per heavy atom. The summed E-state index contributed by atoms with van der Waals surface area (Å²) in [6.45, 7) is 10.4. The minimum absolute atomic E-state index is 0.120. The minimum atomic E-state index is -3.85. The van der Waals surface area contributed by atoms with Crippen molar-refractivity contribution in [3.8, 4) is 0 Å². The van der Waals surface area contributed by atoms with Crippen molar-refractivity contribution in [2.45, 2.75) is 45.0 Å². The molecule has 0 aliphatic heterocycles. The van der Waals surface area contributed by atoms with Gasteiger partial charge in [-0.05, 0) is 17.2 Å². The van der Waals surface area contributed by atoms with Crippen LogP contribution in [0, 0.1) is 0 Å². The average molecular weight is 386 g/mol. The lowest BCUT2D eigenvalue weighted by molar-refractivity contribution is 0.184. The molecular weight excluding hydrogens is 358 g/mol. The predicted octanol–water partition coefficient (Wildman–Crippen LogP) is 1.93. The van der Waals surface area contributed by atoms with Crippen LogP contribution in [0.4, 0.5) is 0 Å². The second-order valence-electron chi connectivity index (χ2n) is 7.85. The number of nitrogens with zero attached hydrogens (tertiary/aromatic N) is 3. The molecule has 0 bridgehead atoms. The van der Waals surface area contributed by atoms with Gasteiger partial charge >= 0.3 is 10.2 Å². The monoisotopic (exact) mass is 385 g/mol. The molecule has 0 aliphatic rings. The topological polar surface area (TPSA) is 88.6 Å². The molecule has 0 aliphatic carbocycles. The van der Waals surface area contributed by atoms with Gasteiger partial charge in [0.1, 0.15) is 19.3 Å². The molecule has 0 fully saturated rings. The fraction of sp³-hybridized carbons (Fsp3) is 0.562. The Balaban J connectivity index is 2.76. The predicted molar refractivity (Wildman–Crippen MR) is 99.8 cm³/mol. The van der Waals surface area contributed by atoms with Crippen molar-refractivity contribution in [3.05, 3.63) is 36.0 Å². The molecule has 9 heteroatoms. The van der Waals surface area contributed by atoms with E-state index >= 15 is 0 Å². The first kappa shape index (κ1) is 19.9. The van der Waals surface area contributed by atoms with Crippen LogP contribution in [0.15, 0.2) is 29.0 Å². The first-order valence-electron chi connectivity index (χ1n) is 8.04. The first-order valence-corrected chi connectivity index (χ1v) is 12.4. The highest BCUT2D eigenvalue weighted by Gasteiger charge is 2.44. The molecule has 2 heterocycles. The van der Waals surface area contributed by atoms with Gasteiger partial charge in [-0.2, -0.15) is 12.7 Å². The number of rotatable bonds is 5. The number of imidazole rings is 1. The van der Waals surface area contributed by atoms with Gasteiger partial charge in [0.2, 0.25) is 0 Å². The molecule has 25 heavy (non-hydrogen) atoms. The summed E-state index contributed by atoms with van der Waals surface area (Å²) in [4.78, 5) is 4.45. The maximum absolute atomic E-state index is 13.0. The van der Waals surface area contributed by atoms with Crippen LogP contribution < -0.4 is 5.45 Å². The second-order valence-corrected chi connectivity index (χ2v) is 15.0. The standard InChI is InChI=1S/C16H27N3O4SSi/c1-16(2,3)25(6,7)15-17-11-12(14(20)13-9-8-10-23-13)19(15)24(21,22)18(4)5/h8-11,14,20H,1-7H3. The molecule has 1 N–H and O–H groups in total. The Labute approximate surface area is 150 Å². The van der Waals surface area contributed by atoms with Gasteiger partial charge in [0.15, 0.2) is 6.10 Å². The van der Waals surface area contributed by atoms with Crippen molar-refractivity contribution >= 4 is 23.7 Å². The Hall–Kier alpha value is -1.42. The van der Waals surface area contributed by atoms with Crippen LogP contribution in [0.2, 0.25) is 18.1 Å².